The van der Waals surface area contributed by atoms with Crippen LogP contribution in [0.15, 0.2) is 80.4 Å². The van der Waals surface area contributed by atoms with Gasteiger partial charge in [-0.15, -0.1) is 45.3 Å². The molecule has 4 aromatic heterocycles. The number of nitrogens with zero attached hydrogens (tertiary/aromatic N) is 2. The Balaban J connectivity index is 1.20. The number of unbranched alkanes of at least 4 members (excludes halogenated alkanes) is 34. The van der Waals surface area contributed by atoms with Gasteiger partial charge in [0.1, 0.15) is 0 Å². The highest BCUT2D eigenvalue weighted by Gasteiger charge is 2.43. The van der Waals surface area contributed by atoms with E-state index in [1.54, 1.807) is 0 Å². The van der Waals surface area contributed by atoms with Gasteiger partial charge in [0.05, 0.1) is 30.1 Å². The third-order valence-corrected chi connectivity index (χ3v) is 27.5. The average Bonchev–Trinajstić information content (AvgIpc) is 1.57. The summed E-state index contributed by atoms with van der Waals surface area (Å²) < 4.78 is 2.32. The maximum atomic E-state index is 16.4. The lowest BCUT2D eigenvalue weighted by Crippen LogP contribution is -2.34. The lowest BCUT2D eigenvalue weighted by Gasteiger charge is -2.25. The van der Waals surface area contributed by atoms with Gasteiger partial charge in [0.15, 0.2) is 0 Å². The molecule has 6 heterocycles. The van der Waals surface area contributed by atoms with Crippen LogP contribution in [0.25, 0.3) is 51.5 Å². The zero-order valence-corrected chi connectivity index (χ0v) is 68.6. The van der Waals surface area contributed by atoms with Gasteiger partial charge in [0, 0.05) is 53.5 Å². The number of benzene rings is 2. The Hall–Kier alpha value is -3.12. The summed E-state index contributed by atoms with van der Waals surface area (Å²) in [7, 11) is 0. The molecule has 2 aliphatic rings. The van der Waals surface area contributed by atoms with Crippen LogP contribution in [0.5, 0.6) is 0 Å². The summed E-state index contributed by atoms with van der Waals surface area (Å²) >= 11 is 15.2. The Labute approximate surface area is 630 Å². The molecule has 0 saturated heterocycles. The Morgan fingerprint density at radius 3 is 0.898 bits per heavy atom. The summed E-state index contributed by atoms with van der Waals surface area (Å²) in [6, 6.07) is 27.8. The molecule has 98 heavy (non-hydrogen) atoms. The molecular weight excluding hydrogens is 1410 g/mol. The number of fused-ring (bicyclic) bond motifs is 2. The molecule has 540 valence electrons. The molecule has 6 aromatic rings. The fourth-order valence-electron chi connectivity index (χ4n) is 15.5. The molecule has 10 heteroatoms. The van der Waals surface area contributed by atoms with Crippen LogP contribution in [0, 0.1) is 11.8 Å². The zero-order chi connectivity index (χ0) is 69.1. The van der Waals surface area contributed by atoms with Gasteiger partial charge in [-0.25, -0.2) is 0 Å². The first kappa shape index (κ1) is 80.6. The second kappa shape index (κ2) is 45.9. The monoisotopic (exact) mass is 1530 g/mol. The first-order valence-electron chi connectivity index (χ1n) is 40.5. The lowest BCUT2D eigenvalue weighted by molar-refractivity contribution is -0.114. The molecular formula is C88H128Br2N2O2S4. The number of rotatable bonds is 54. The van der Waals surface area contributed by atoms with E-state index in [4.69, 9.17) is 0 Å². The average molecular weight is 1530 g/mol. The second-order valence-corrected chi connectivity index (χ2v) is 36.6. The predicted octanol–water partition coefficient (Wildman–Crippen LogP) is 31.3. The van der Waals surface area contributed by atoms with E-state index in [0.29, 0.717) is 36.1 Å². The van der Waals surface area contributed by atoms with E-state index in [9.17, 15) is 0 Å². The van der Waals surface area contributed by atoms with Crippen molar-refractivity contribution < 1.29 is 9.59 Å². The van der Waals surface area contributed by atoms with Gasteiger partial charge in [-0.05, 0) is 166 Å². The smallest absolute Gasteiger partial charge is 0.259 e. The van der Waals surface area contributed by atoms with E-state index in [0.717, 1.165) is 68.6 Å². The quantitative estimate of drug-likeness (QED) is 0.0282. The van der Waals surface area contributed by atoms with Crippen LogP contribution in [0.2, 0.25) is 0 Å². The van der Waals surface area contributed by atoms with Crippen molar-refractivity contribution in [3.8, 4) is 40.4 Å². The highest BCUT2D eigenvalue weighted by molar-refractivity contribution is 9.11. The topological polar surface area (TPSA) is 40.6 Å². The SMILES string of the molecule is CCCCCCCCCCCCc1cc(-c2ccc3c(c2)N(CC(CCCCCC)CCCCCCCC)C(=O)/C3=C2/C(=O)N(CC(CCCCCC)CCCCCCCC)c3cc(-c4cc(CCCCCCCCCCCC)c(-c5ccc(Br)s5)s4)ccc32)sc1-c1ccc(Br)s1. The molecule has 8 rings (SSSR count). The first-order chi connectivity index (χ1) is 48.1. The molecule has 0 aliphatic carbocycles. The molecule has 2 amide bonds. The van der Waals surface area contributed by atoms with Crippen molar-refractivity contribution in [1.29, 1.82) is 0 Å². The number of aryl methyl sites for hydroxylation is 2. The zero-order valence-electron chi connectivity index (χ0n) is 62.1. The summed E-state index contributed by atoms with van der Waals surface area (Å²) in [6.45, 7) is 15.2. The van der Waals surface area contributed by atoms with Crippen molar-refractivity contribution in [2.45, 2.75) is 337 Å². The van der Waals surface area contributed by atoms with E-state index in [1.165, 1.54) is 308 Å². The Morgan fingerprint density at radius 1 is 0.316 bits per heavy atom. The molecule has 4 nitrogen and oxygen atoms in total. The maximum absolute atomic E-state index is 16.4. The van der Waals surface area contributed by atoms with Crippen molar-refractivity contribution in [1.82, 2.24) is 0 Å². The maximum Gasteiger partial charge on any atom is 0.259 e. The summed E-state index contributed by atoms with van der Waals surface area (Å²) in [5.74, 6) is 0.785. The van der Waals surface area contributed by atoms with E-state index in [-0.39, 0.29) is 11.8 Å². The van der Waals surface area contributed by atoms with Crippen LogP contribution in [0.4, 0.5) is 11.4 Å². The number of halogens is 2. The van der Waals surface area contributed by atoms with Crippen LogP contribution >= 0.6 is 77.2 Å². The molecule has 2 atom stereocenters. The minimum absolute atomic E-state index is 0.0145. The minimum atomic E-state index is 0.0145. The second-order valence-electron chi connectivity index (χ2n) is 29.6. The summed E-state index contributed by atoms with van der Waals surface area (Å²) in [4.78, 5) is 45.1. The summed E-state index contributed by atoms with van der Waals surface area (Å²) in [5, 5.41) is 0. The number of carbonyl (C=O) groups is 2. The van der Waals surface area contributed by atoms with Gasteiger partial charge >= 0.3 is 0 Å². The number of anilines is 2. The Bertz CT molecular complexity index is 3070. The highest BCUT2D eigenvalue weighted by Crippen LogP contribution is 2.52. The lowest BCUT2D eigenvalue weighted by atomic mass is 9.93. The number of hydrogen-bond acceptors (Lipinski definition) is 6. The van der Waals surface area contributed by atoms with Crippen LogP contribution in [-0.4, -0.2) is 24.9 Å². The summed E-state index contributed by atoms with van der Waals surface area (Å²) in [5.41, 5.74) is 10.3. The number of amides is 2. The van der Waals surface area contributed by atoms with Crippen LogP contribution in [0.3, 0.4) is 0 Å². The predicted molar refractivity (Wildman–Crippen MR) is 445 cm³/mol. The van der Waals surface area contributed by atoms with E-state index in [1.807, 2.05) is 45.3 Å². The standard InChI is InChI=1S/C88H128Br2N2O2S4/c1-7-13-19-25-29-31-33-35-39-45-51-71-63-79(97-85(71)77-57-59-81(89)95-77)69-53-55-73-75(61-69)91(65-67(47-41-23-17-11-5)49-43-37-27-21-15-9-3)87(93)83(73)84-74-56-54-70(62-76(74)92(88(84)94)66-68(48-42-24-18-12-6)50-44-38-28-22-16-10-4)80-64-72(86(98-80)78-58-60-82(90)96-78)52-46-40-36-34-32-30-26-20-14-8-2/h53-64,67-68H,7-52,65-66H2,1-6H3/b84-83+. The fourth-order valence-corrected chi connectivity index (χ4v) is 21.0. The third kappa shape index (κ3) is 25.1. The molecule has 0 saturated carbocycles. The molecule has 2 aromatic carbocycles. The van der Waals surface area contributed by atoms with Crippen molar-refractivity contribution in [3.63, 3.8) is 0 Å². The van der Waals surface area contributed by atoms with Gasteiger partial charge in [0.25, 0.3) is 11.8 Å². The first-order valence-corrected chi connectivity index (χ1v) is 45.4. The highest BCUT2D eigenvalue weighted by atomic mass is 79.9. The van der Waals surface area contributed by atoms with Crippen molar-refractivity contribution in [2.24, 2.45) is 11.8 Å². The molecule has 0 bridgehead atoms. The Kier molecular flexibility index (Phi) is 37.7. The van der Waals surface area contributed by atoms with Gasteiger partial charge in [-0.1, -0.05) is 310 Å². The molecule has 0 radical (unpaired) electrons. The van der Waals surface area contributed by atoms with Crippen LogP contribution in [-0.2, 0) is 22.4 Å². The molecule has 2 aliphatic heterocycles. The Morgan fingerprint density at radius 2 is 0.602 bits per heavy atom. The van der Waals surface area contributed by atoms with Gasteiger partial charge < -0.3 is 9.80 Å². The van der Waals surface area contributed by atoms with Gasteiger partial charge in [0.2, 0.25) is 0 Å². The minimum Gasteiger partial charge on any atom is -0.307 e. The molecule has 0 N–H and O–H groups in total. The van der Waals surface area contributed by atoms with E-state index < -0.39 is 0 Å². The number of thiophene rings is 4. The van der Waals surface area contributed by atoms with Crippen molar-refractivity contribution in [3.05, 3.63) is 103 Å². The van der Waals surface area contributed by atoms with Gasteiger partial charge in [-0.2, -0.15) is 0 Å². The van der Waals surface area contributed by atoms with E-state index in [2.05, 4.69) is 156 Å². The summed E-state index contributed by atoms with van der Waals surface area (Å²) in [6.07, 6.45) is 58.2. The van der Waals surface area contributed by atoms with Gasteiger partial charge in [-0.3, -0.25) is 9.59 Å². The normalized spacial score (nSPS) is 14.4. The van der Waals surface area contributed by atoms with E-state index >= 15 is 9.59 Å². The largest absolute Gasteiger partial charge is 0.307 e. The fraction of sp³-hybridized carbons (Fsp3) is 0.636. The molecule has 0 spiro atoms. The van der Waals surface area contributed by atoms with Crippen molar-refractivity contribution in [2.75, 3.05) is 22.9 Å². The molecule has 2 unspecified atom stereocenters. The van der Waals surface area contributed by atoms with Crippen molar-refractivity contribution >= 4 is 112 Å². The third-order valence-electron chi connectivity index (χ3n) is 21.4. The number of hydrogen-bond donors (Lipinski definition) is 0. The molecule has 0 fully saturated rings. The number of carbonyl (C=O) groups excluding carboxylic acids is 2. The van der Waals surface area contributed by atoms with Crippen LogP contribution in [0.1, 0.15) is 346 Å². The van der Waals surface area contributed by atoms with Crippen LogP contribution < -0.4 is 9.80 Å².